The van der Waals surface area contributed by atoms with Crippen LogP contribution < -0.4 is 15.5 Å². The van der Waals surface area contributed by atoms with Crippen LogP contribution >= 0.6 is 39.9 Å². The lowest BCUT2D eigenvalue weighted by atomic mass is 10.1. The van der Waals surface area contributed by atoms with E-state index in [0.29, 0.717) is 12.0 Å². The predicted octanol–water partition coefficient (Wildman–Crippen LogP) is 3.86. The minimum atomic E-state index is 0. The Hall–Kier alpha value is -0.500. The van der Waals surface area contributed by atoms with Crippen molar-refractivity contribution in [1.29, 1.82) is 0 Å². The lowest BCUT2D eigenvalue weighted by Gasteiger charge is -2.18. The fourth-order valence-corrected chi connectivity index (χ4v) is 3.37. The molecular weight excluding hydrogens is 479 g/mol. The molecule has 134 valence electrons. The Morgan fingerprint density at radius 2 is 2.04 bits per heavy atom. The average molecular weight is 507 g/mol. The highest BCUT2D eigenvalue weighted by atomic mass is 127. The Kier molecular flexibility index (Phi) is 7.65. The van der Waals surface area contributed by atoms with Gasteiger partial charge < -0.3 is 15.5 Å². The summed E-state index contributed by atoms with van der Waals surface area (Å²) in [6.07, 6.45) is 2.49. The summed E-state index contributed by atoms with van der Waals surface area (Å²) in [6, 6.07) is 9.23. The molecule has 1 saturated carbocycles. The van der Waals surface area contributed by atoms with Gasteiger partial charge in [0.1, 0.15) is 0 Å². The van der Waals surface area contributed by atoms with E-state index in [1.54, 1.807) is 0 Å². The molecule has 0 aromatic heterocycles. The maximum atomic E-state index is 4.81. The number of aliphatic imine (C=N–C) groups is 1. The Morgan fingerprint density at radius 1 is 1.33 bits per heavy atom. The highest BCUT2D eigenvalue weighted by Crippen LogP contribution is 2.29. The van der Waals surface area contributed by atoms with Crippen LogP contribution in [0.1, 0.15) is 26.7 Å². The van der Waals surface area contributed by atoms with Crippen molar-refractivity contribution in [3.63, 3.8) is 0 Å². The second kappa shape index (κ2) is 9.27. The molecule has 0 amide bonds. The van der Waals surface area contributed by atoms with E-state index in [9.17, 15) is 0 Å². The summed E-state index contributed by atoms with van der Waals surface area (Å²) in [5.74, 6) is 2.42. The van der Waals surface area contributed by atoms with Crippen molar-refractivity contribution < 1.29 is 0 Å². The summed E-state index contributed by atoms with van der Waals surface area (Å²) < 4.78 is 1.14. The van der Waals surface area contributed by atoms with E-state index in [-0.39, 0.29) is 24.0 Å². The molecule has 3 atom stereocenters. The number of guanidine groups is 1. The van der Waals surface area contributed by atoms with Crippen LogP contribution in [-0.2, 0) is 0 Å². The molecule has 1 aliphatic carbocycles. The molecule has 1 aromatic rings. The number of hydrogen-bond donors (Lipinski definition) is 2. The predicted molar refractivity (Wildman–Crippen MR) is 117 cm³/mol. The lowest BCUT2D eigenvalue weighted by Crippen LogP contribution is -2.39. The molecule has 3 rings (SSSR count). The van der Waals surface area contributed by atoms with Crippen molar-refractivity contribution in [2.75, 3.05) is 31.1 Å². The van der Waals surface area contributed by atoms with E-state index in [1.807, 2.05) is 0 Å². The van der Waals surface area contributed by atoms with Crippen molar-refractivity contribution in [3.8, 4) is 0 Å². The number of nitrogens with one attached hydrogen (secondary N) is 2. The van der Waals surface area contributed by atoms with Gasteiger partial charge in [0.25, 0.3) is 0 Å². The molecule has 4 nitrogen and oxygen atoms in total. The topological polar surface area (TPSA) is 39.7 Å². The van der Waals surface area contributed by atoms with Gasteiger partial charge in [0.15, 0.2) is 5.96 Å². The molecule has 3 unspecified atom stereocenters. The summed E-state index contributed by atoms with van der Waals surface area (Å²) in [6.45, 7) is 8.47. The molecule has 0 bridgehead atoms. The molecule has 1 aliphatic heterocycles. The minimum absolute atomic E-state index is 0. The van der Waals surface area contributed by atoms with Crippen LogP contribution in [0.15, 0.2) is 33.7 Å². The van der Waals surface area contributed by atoms with Gasteiger partial charge in [-0.15, -0.1) is 24.0 Å². The third-order valence-electron chi connectivity index (χ3n) is 4.76. The van der Waals surface area contributed by atoms with Crippen LogP contribution in [0.4, 0.5) is 5.69 Å². The monoisotopic (exact) mass is 506 g/mol. The highest BCUT2D eigenvalue weighted by Gasteiger charge is 2.33. The Morgan fingerprint density at radius 3 is 2.67 bits per heavy atom. The zero-order valence-corrected chi connectivity index (χ0v) is 18.4. The van der Waals surface area contributed by atoms with E-state index < -0.39 is 0 Å². The van der Waals surface area contributed by atoms with Crippen molar-refractivity contribution in [1.82, 2.24) is 10.6 Å². The van der Waals surface area contributed by atoms with Crippen LogP contribution in [-0.4, -0.2) is 38.2 Å². The average Bonchev–Trinajstić information content (AvgIpc) is 3.04. The molecule has 1 heterocycles. The standard InChI is InChI=1S/C18H27BrN4.HI/c1-3-20-18(22-17-10-13(17)2)21-11-14-8-9-23(12-14)16-6-4-15(19)5-7-16;/h4-7,13-14,17H,3,8-12H2,1-2H3,(H2,20,21,22);1H. The van der Waals surface area contributed by atoms with Gasteiger partial charge in [0.05, 0.1) is 0 Å². The first-order valence-corrected chi connectivity index (χ1v) is 9.50. The number of rotatable bonds is 5. The fraction of sp³-hybridized carbons (Fsp3) is 0.611. The van der Waals surface area contributed by atoms with Gasteiger partial charge in [0, 0.05) is 42.4 Å². The number of benzene rings is 1. The quantitative estimate of drug-likeness (QED) is 0.362. The second-order valence-electron chi connectivity index (χ2n) is 6.76. The molecule has 2 aliphatic rings. The second-order valence-corrected chi connectivity index (χ2v) is 7.68. The van der Waals surface area contributed by atoms with Gasteiger partial charge in [0.2, 0.25) is 0 Å². The smallest absolute Gasteiger partial charge is 0.191 e. The summed E-state index contributed by atoms with van der Waals surface area (Å²) in [5.41, 5.74) is 1.32. The summed E-state index contributed by atoms with van der Waals surface area (Å²) >= 11 is 3.50. The summed E-state index contributed by atoms with van der Waals surface area (Å²) in [7, 11) is 0. The van der Waals surface area contributed by atoms with Crippen LogP contribution in [0.5, 0.6) is 0 Å². The summed E-state index contributed by atoms with van der Waals surface area (Å²) in [4.78, 5) is 7.28. The Labute approximate surface area is 171 Å². The van der Waals surface area contributed by atoms with Crippen LogP contribution in [0.3, 0.4) is 0 Å². The fourth-order valence-electron chi connectivity index (χ4n) is 3.11. The van der Waals surface area contributed by atoms with Crippen LogP contribution in [0, 0.1) is 11.8 Å². The van der Waals surface area contributed by atoms with Crippen molar-refractivity contribution >= 4 is 51.6 Å². The third kappa shape index (κ3) is 5.51. The van der Waals surface area contributed by atoms with E-state index in [1.165, 1.54) is 18.5 Å². The van der Waals surface area contributed by atoms with Gasteiger partial charge in [-0.25, -0.2) is 0 Å². The molecular formula is C18H28BrIN4. The molecule has 6 heteroatoms. The summed E-state index contributed by atoms with van der Waals surface area (Å²) in [5, 5.41) is 6.90. The Bertz CT molecular complexity index is 548. The zero-order valence-electron chi connectivity index (χ0n) is 14.5. The van der Waals surface area contributed by atoms with Crippen LogP contribution in [0.25, 0.3) is 0 Å². The van der Waals surface area contributed by atoms with E-state index >= 15 is 0 Å². The minimum Gasteiger partial charge on any atom is -0.371 e. The normalized spacial score (nSPS) is 26.0. The van der Waals surface area contributed by atoms with Crippen molar-refractivity contribution in [2.24, 2.45) is 16.8 Å². The van der Waals surface area contributed by atoms with Crippen LogP contribution in [0.2, 0.25) is 0 Å². The highest BCUT2D eigenvalue weighted by molar-refractivity contribution is 14.0. The molecule has 1 saturated heterocycles. The van der Waals surface area contributed by atoms with Crippen molar-refractivity contribution in [3.05, 3.63) is 28.7 Å². The van der Waals surface area contributed by atoms with Crippen molar-refractivity contribution in [2.45, 2.75) is 32.7 Å². The van der Waals surface area contributed by atoms with Gasteiger partial charge in [-0.2, -0.15) is 0 Å². The third-order valence-corrected chi connectivity index (χ3v) is 5.29. The lowest BCUT2D eigenvalue weighted by molar-refractivity contribution is 0.598. The maximum Gasteiger partial charge on any atom is 0.191 e. The number of halogens is 2. The molecule has 0 spiro atoms. The van der Waals surface area contributed by atoms with E-state index in [4.69, 9.17) is 4.99 Å². The number of nitrogens with zero attached hydrogens (tertiary/aromatic N) is 2. The van der Waals surface area contributed by atoms with E-state index in [2.05, 4.69) is 69.6 Å². The van der Waals surface area contributed by atoms with Gasteiger partial charge in [-0.1, -0.05) is 22.9 Å². The van der Waals surface area contributed by atoms with Gasteiger partial charge in [-0.3, -0.25) is 4.99 Å². The number of anilines is 1. The van der Waals surface area contributed by atoms with Gasteiger partial charge >= 0.3 is 0 Å². The molecule has 2 fully saturated rings. The van der Waals surface area contributed by atoms with E-state index in [0.717, 1.165) is 42.5 Å². The number of hydrogen-bond acceptors (Lipinski definition) is 2. The Balaban J connectivity index is 0.00000208. The molecule has 0 radical (unpaired) electrons. The molecule has 24 heavy (non-hydrogen) atoms. The SMILES string of the molecule is CCNC(=NCC1CCN(c2ccc(Br)cc2)C1)NC1CC1C.I. The molecule has 1 aromatic carbocycles. The molecule has 2 N–H and O–H groups in total. The maximum absolute atomic E-state index is 4.81. The first-order valence-electron chi connectivity index (χ1n) is 8.71. The van der Waals surface area contributed by atoms with Gasteiger partial charge in [-0.05, 0) is 55.9 Å². The first kappa shape index (κ1) is 19.8. The first-order chi connectivity index (χ1) is 11.2. The largest absolute Gasteiger partial charge is 0.371 e. The zero-order chi connectivity index (χ0) is 16.2.